The molecule has 1 aliphatic heterocycles. The summed E-state index contributed by atoms with van der Waals surface area (Å²) in [6, 6.07) is 7.00. The maximum Gasteiger partial charge on any atom is 0.410 e. The molecule has 0 aliphatic carbocycles. The van der Waals surface area contributed by atoms with Crippen LogP contribution >= 0.6 is 11.6 Å². The second-order valence-electron chi connectivity index (χ2n) is 9.49. The fraction of sp³-hybridized carbons (Fsp3) is 0.400. The maximum atomic E-state index is 12.3. The van der Waals surface area contributed by atoms with Crippen LogP contribution in [-0.2, 0) is 9.47 Å². The average molecular weight is 513 g/mol. The smallest absolute Gasteiger partial charge is 0.410 e. The molecule has 10 nitrogen and oxygen atoms in total. The number of esters is 1. The Morgan fingerprint density at radius 2 is 1.81 bits per heavy atom. The van der Waals surface area contributed by atoms with E-state index in [4.69, 9.17) is 21.1 Å². The van der Waals surface area contributed by atoms with E-state index in [0.29, 0.717) is 35.3 Å². The summed E-state index contributed by atoms with van der Waals surface area (Å²) >= 11 is 6.34. The van der Waals surface area contributed by atoms with Gasteiger partial charge in [-0.05, 0) is 45.7 Å². The number of carbonyl (C=O) groups excluding carboxylic acids is 2. The molecule has 0 saturated carbocycles. The Morgan fingerprint density at radius 1 is 1.11 bits per heavy atom. The van der Waals surface area contributed by atoms with Crippen LogP contribution in [0.3, 0.4) is 0 Å². The first-order valence-electron chi connectivity index (χ1n) is 11.6. The molecule has 36 heavy (non-hydrogen) atoms. The summed E-state index contributed by atoms with van der Waals surface area (Å²) in [6.07, 6.45) is 6.42. The van der Waals surface area contributed by atoms with E-state index in [1.54, 1.807) is 35.4 Å². The van der Waals surface area contributed by atoms with E-state index in [1.165, 1.54) is 13.3 Å². The van der Waals surface area contributed by atoms with E-state index >= 15 is 0 Å². The summed E-state index contributed by atoms with van der Waals surface area (Å²) in [5.41, 5.74) is 1.94. The summed E-state index contributed by atoms with van der Waals surface area (Å²) in [6.45, 7) is 6.82. The van der Waals surface area contributed by atoms with Gasteiger partial charge in [-0.3, -0.25) is 4.68 Å². The molecule has 1 aromatic carbocycles. The number of piperidine rings is 1. The van der Waals surface area contributed by atoms with Crippen molar-refractivity contribution in [2.24, 2.45) is 0 Å². The van der Waals surface area contributed by atoms with Gasteiger partial charge in [-0.2, -0.15) is 5.10 Å². The predicted molar refractivity (Wildman–Crippen MR) is 135 cm³/mol. The Balaban J connectivity index is 1.40. The molecule has 3 heterocycles. The van der Waals surface area contributed by atoms with Gasteiger partial charge < -0.3 is 19.7 Å². The number of anilines is 2. The third-order valence-electron chi connectivity index (χ3n) is 5.67. The number of ether oxygens (including phenoxy) is 2. The SMILES string of the molecule is COC(=O)c1ccc(-c2nc(Nc3cnn(C4CCN(C(=O)OC(C)(C)C)CC4)c3)ncc2Cl)cc1. The van der Waals surface area contributed by atoms with Crippen LogP contribution in [0, 0.1) is 0 Å². The maximum absolute atomic E-state index is 12.3. The van der Waals surface area contributed by atoms with Crippen LogP contribution in [0.4, 0.5) is 16.4 Å². The number of halogens is 1. The molecule has 4 rings (SSSR count). The van der Waals surface area contributed by atoms with Crippen molar-refractivity contribution >= 4 is 35.3 Å². The van der Waals surface area contributed by atoms with Crippen molar-refractivity contribution in [1.29, 1.82) is 0 Å². The van der Waals surface area contributed by atoms with E-state index in [0.717, 1.165) is 24.1 Å². The Morgan fingerprint density at radius 3 is 2.44 bits per heavy atom. The van der Waals surface area contributed by atoms with Gasteiger partial charge in [-0.1, -0.05) is 23.7 Å². The van der Waals surface area contributed by atoms with Crippen LogP contribution in [0.5, 0.6) is 0 Å². The first-order valence-corrected chi connectivity index (χ1v) is 12.0. The highest BCUT2D eigenvalue weighted by atomic mass is 35.5. The first kappa shape index (κ1) is 25.4. The molecule has 0 unspecified atom stereocenters. The van der Waals surface area contributed by atoms with Crippen molar-refractivity contribution in [2.45, 2.75) is 45.3 Å². The Hall–Kier alpha value is -3.66. The zero-order chi connectivity index (χ0) is 25.9. The second-order valence-corrected chi connectivity index (χ2v) is 9.90. The van der Waals surface area contributed by atoms with E-state index < -0.39 is 11.6 Å². The lowest BCUT2D eigenvalue weighted by Gasteiger charge is -2.33. The van der Waals surface area contributed by atoms with Crippen LogP contribution in [0.2, 0.25) is 5.02 Å². The molecule has 1 N–H and O–H groups in total. The van der Waals surface area contributed by atoms with Crippen LogP contribution in [0.1, 0.15) is 50.0 Å². The average Bonchev–Trinajstić information content (AvgIpc) is 3.32. The number of rotatable bonds is 5. The molecule has 2 aromatic heterocycles. The van der Waals surface area contributed by atoms with Gasteiger partial charge in [0.1, 0.15) is 5.60 Å². The van der Waals surface area contributed by atoms with E-state index in [2.05, 4.69) is 20.4 Å². The largest absolute Gasteiger partial charge is 0.465 e. The summed E-state index contributed by atoms with van der Waals surface area (Å²) in [5, 5.41) is 8.05. The van der Waals surface area contributed by atoms with E-state index in [9.17, 15) is 9.59 Å². The number of likely N-dealkylation sites (tertiary alicyclic amines) is 1. The zero-order valence-corrected chi connectivity index (χ0v) is 21.5. The number of nitrogens with one attached hydrogen (secondary N) is 1. The normalized spacial score (nSPS) is 14.4. The van der Waals surface area contributed by atoms with Gasteiger partial charge in [0.25, 0.3) is 0 Å². The molecular weight excluding hydrogens is 484 g/mol. The number of amides is 1. The van der Waals surface area contributed by atoms with Crippen molar-refractivity contribution in [1.82, 2.24) is 24.6 Å². The topological polar surface area (TPSA) is 111 Å². The predicted octanol–water partition coefficient (Wildman–Crippen LogP) is 5.10. The zero-order valence-electron chi connectivity index (χ0n) is 20.7. The third kappa shape index (κ3) is 6.12. The second kappa shape index (κ2) is 10.5. The van der Waals surface area contributed by atoms with Crippen LogP contribution in [-0.4, -0.2) is 62.5 Å². The number of aromatic nitrogens is 4. The Kier molecular flexibility index (Phi) is 7.44. The fourth-order valence-corrected chi connectivity index (χ4v) is 4.08. The lowest BCUT2D eigenvalue weighted by molar-refractivity contribution is 0.0184. The summed E-state index contributed by atoms with van der Waals surface area (Å²) in [5.74, 6) is -0.0454. The standard InChI is InChI=1S/C25H29ClN6O4/c1-25(2,3)36-24(34)31-11-9-19(10-12-31)32-15-18(13-28-32)29-23-27-14-20(26)21(30-23)16-5-7-17(8-6-16)22(33)35-4/h5-8,13-15,19H,9-12H2,1-4H3,(H,27,29,30). The number of carbonyl (C=O) groups is 2. The van der Waals surface area contributed by atoms with Crippen molar-refractivity contribution in [3.05, 3.63) is 53.4 Å². The summed E-state index contributed by atoms with van der Waals surface area (Å²) in [4.78, 5) is 34.6. The van der Waals surface area contributed by atoms with Crippen molar-refractivity contribution in [3.63, 3.8) is 0 Å². The quantitative estimate of drug-likeness (QED) is 0.470. The minimum Gasteiger partial charge on any atom is -0.465 e. The Bertz CT molecular complexity index is 1230. The summed E-state index contributed by atoms with van der Waals surface area (Å²) < 4.78 is 12.1. The van der Waals surface area contributed by atoms with Crippen molar-refractivity contribution < 1.29 is 19.1 Å². The van der Waals surface area contributed by atoms with Gasteiger partial charge in [-0.25, -0.2) is 19.6 Å². The van der Waals surface area contributed by atoms with Gasteiger partial charge in [0.05, 0.1) is 47.5 Å². The highest BCUT2D eigenvalue weighted by Gasteiger charge is 2.28. The van der Waals surface area contributed by atoms with Crippen LogP contribution in [0.25, 0.3) is 11.3 Å². The van der Waals surface area contributed by atoms with Crippen molar-refractivity contribution in [2.75, 3.05) is 25.5 Å². The van der Waals surface area contributed by atoms with E-state index in [-0.39, 0.29) is 12.1 Å². The lowest BCUT2D eigenvalue weighted by Crippen LogP contribution is -2.42. The highest BCUT2D eigenvalue weighted by Crippen LogP contribution is 2.28. The molecule has 0 radical (unpaired) electrons. The monoisotopic (exact) mass is 512 g/mol. The van der Waals surface area contributed by atoms with Gasteiger partial charge in [0.2, 0.25) is 5.95 Å². The molecule has 11 heteroatoms. The number of nitrogens with zero attached hydrogens (tertiary/aromatic N) is 5. The lowest BCUT2D eigenvalue weighted by atomic mass is 10.1. The van der Waals surface area contributed by atoms with Crippen molar-refractivity contribution in [3.8, 4) is 11.3 Å². The number of methoxy groups -OCH3 is 1. The molecule has 1 aliphatic rings. The number of hydrogen-bond donors (Lipinski definition) is 1. The molecule has 0 spiro atoms. The third-order valence-corrected chi connectivity index (χ3v) is 5.95. The first-order chi connectivity index (χ1) is 17.1. The number of hydrogen-bond acceptors (Lipinski definition) is 8. The minimum atomic E-state index is -0.507. The fourth-order valence-electron chi connectivity index (χ4n) is 3.88. The molecule has 190 valence electrons. The molecule has 1 amide bonds. The Labute approximate surface area is 214 Å². The van der Waals surface area contributed by atoms with E-state index in [1.807, 2.05) is 31.6 Å². The van der Waals surface area contributed by atoms with Gasteiger partial charge in [0, 0.05) is 24.8 Å². The van der Waals surface area contributed by atoms with Gasteiger partial charge in [-0.15, -0.1) is 0 Å². The molecule has 0 atom stereocenters. The van der Waals surface area contributed by atoms with Crippen LogP contribution in [0.15, 0.2) is 42.9 Å². The number of benzene rings is 1. The molecule has 0 bridgehead atoms. The molecular formula is C25H29ClN6O4. The molecule has 3 aromatic rings. The van der Waals surface area contributed by atoms with Crippen LogP contribution < -0.4 is 5.32 Å². The molecule has 1 fully saturated rings. The van der Waals surface area contributed by atoms with Gasteiger partial charge >= 0.3 is 12.1 Å². The van der Waals surface area contributed by atoms with Gasteiger partial charge in [0.15, 0.2) is 0 Å². The summed E-state index contributed by atoms with van der Waals surface area (Å²) in [7, 11) is 1.34. The highest BCUT2D eigenvalue weighted by molar-refractivity contribution is 6.32. The molecule has 1 saturated heterocycles. The minimum absolute atomic E-state index is 0.175.